The number of amides is 2. The molecule has 2 aromatic rings. The normalized spacial score (nSPS) is 11.8. The zero-order valence-corrected chi connectivity index (χ0v) is 13.7. The molecule has 0 fully saturated rings. The number of carbonyl (C=O) groups is 1. The molecule has 22 heavy (non-hydrogen) atoms. The van der Waals surface area contributed by atoms with Gasteiger partial charge in [-0.25, -0.2) is 4.79 Å². The Morgan fingerprint density at radius 3 is 2.45 bits per heavy atom. The summed E-state index contributed by atoms with van der Waals surface area (Å²) in [7, 11) is 3.25. The van der Waals surface area contributed by atoms with Crippen LogP contribution in [0.5, 0.6) is 5.75 Å². The van der Waals surface area contributed by atoms with Gasteiger partial charge in [-0.2, -0.15) is 0 Å². The molecule has 1 aromatic heterocycles. The number of urea groups is 1. The molecule has 0 aliphatic heterocycles. The fraction of sp³-hybridized carbons (Fsp3) is 0.312. The number of aryl methyl sites for hydroxylation is 1. The van der Waals surface area contributed by atoms with Crippen molar-refractivity contribution >= 4 is 23.1 Å². The summed E-state index contributed by atoms with van der Waals surface area (Å²) in [5.74, 6) is 0.749. The van der Waals surface area contributed by atoms with Crippen LogP contribution in [-0.2, 0) is 4.74 Å². The summed E-state index contributed by atoms with van der Waals surface area (Å²) in [6.07, 6.45) is -0.139. The van der Waals surface area contributed by atoms with Gasteiger partial charge in [0.1, 0.15) is 11.9 Å². The van der Waals surface area contributed by atoms with Crippen molar-refractivity contribution in [1.82, 2.24) is 5.32 Å². The van der Waals surface area contributed by atoms with Gasteiger partial charge in [0.15, 0.2) is 0 Å². The van der Waals surface area contributed by atoms with Gasteiger partial charge in [-0.1, -0.05) is 0 Å². The molecule has 5 nitrogen and oxygen atoms in total. The Bertz CT molecular complexity index is 610. The third kappa shape index (κ3) is 4.47. The lowest BCUT2D eigenvalue weighted by Crippen LogP contribution is -2.32. The van der Waals surface area contributed by atoms with Gasteiger partial charge in [0, 0.05) is 22.6 Å². The predicted molar refractivity (Wildman–Crippen MR) is 88.8 cm³/mol. The summed E-state index contributed by atoms with van der Waals surface area (Å²) in [6.45, 7) is 2.46. The second kappa shape index (κ2) is 7.82. The van der Waals surface area contributed by atoms with Gasteiger partial charge in [-0.15, -0.1) is 11.3 Å². The molecule has 2 amide bonds. The summed E-state index contributed by atoms with van der Waals surface area (Å²) in [5, 5.41) is 5.59. The fourth-order valence-corrected chi connectivity index (χ4v) is 2.92. The predicted octanol–water partition coefficient (Wildman–Crippen LogP) is 3.57. The third-order valence-corrected chi connectivity index (χ3v) is 4.25. The Morgan fingerprint density at radius 2 is 1.91 bits per heavy atom. The Kier molecular flexibility index (Phi) is 5.80. The van der Waals surface area contributed by atoms with E-state index >= 15 is 0 Å². The highest BCUT2D eigenvalue weighted by Crippen LogP contribution is 2.24. The molecule has 2 N–H and O–H groups in total. The molecule has 0 spiro atoms. The average molecular weight is 320 g/mol. The second-order valence-electron chi connectivity index (χ2n) is 4.74. The Balaban J connectivity index is 1.85. The van der Waals surface area contributed by atoms with Crippen molar-refractivity contribution in [1.29, 1.82) is 0 Å². The van der Waals surface area contributed by atoms with Crippen LogP contribution in [0.25, 0.3) is 0 Å². The van der Waals surface area contributed by atoms with Crippen LogP contribution in [0, 0.1) is 6.92 Å². The summed E-state index contributed by atoms with van der Waals surface area (Å²) >= 11 is 1.67. The van der Waals surface area contributed by atoms with E-state index in [4.69, 9.17) is 9.47 Å². The van der Waals surface area contributed by atoms with Gasteiger partial charge in [-0.3, -0.25) is 0 Å². The zero-order chi connectivity index (χ0) is 15.9. The van der Waals surface area contributed by atoms with E-state index in [1.165, 1.54) is 4.88 Å². The lowest BCUT2D eigenvalue weighted by Gasteiger charge is -2.15. The topological polar surface area (TPSA) is 59.6 Å². The molecule has 6 heteroatoms. The first-order valence-electron chi connectivity index (χ1n) is 6.90. The van der Waals surface area contributed by atoms with Crippen molar-refractivity contribution in [2.75, 3.05) is 26.1 Å². The van der Waals surface area contributed by atoms with E-state index in [1.54, 1.807) is 49.8 Å². The van der Waals surface area contributed by atoms with Gasteiger partial charge in [0.05, 0.1) is 13.7 Å². The maximum absolute atomic E-state index is 11.9. The summed E-state index contributed by atoms with van der Waals surface area (Å²) in [4.78, 5) is 14.2. The molecule has 1 heterocycles. The van der Waals surface area contributed by atoms with Gasteiger partial charge in [-0.05, 0) is 43.3 Å². The van der Waals surface area contributed by atoms with Crippen LogP contribution in [0.15, 0.2) is 36.4 Å². The molecular formula is C16H20N2O3S. The van der Waals surface area contributed by atoms with Crippen LogP contribution >= 0.6 is 11.3 Å². The van der Waals surface area contributed by atoms with Crippen molar-refractivity contribution < 1.29 is 14.3 Å². The molecule has 1 atom stereocenters. The highest BCUT2D eigenvalue weighted by Gasteiger charge is 2.13. The molecule has 2 rings (SSSR count). The zero-order valence-electron chi connectivity index (χ0n) is 12.9. The highest BCUT2D eigenvalue weighted by atomic mass is 32.1. The number of ether oxygens (including phenoxy) is 2. The molecular weight excluding hydrogens is 300 g/mol. The first-order valence-corrected chi connectivity index (χ1v) is 7.72. The van der Waals surface area contributed by atoms with Crippen LogP contribution in [0.4, 0.5) is 10.5 Å². The minimum atomic E-state index is -0.263. The maximum Gasteiger partial charge on any atom is 0.319 e. The molecule has 0 bridgehead atoms. The van der Waals surface area contributed by atoms with Crippen LogP contribution in [0.3, 0.4) is 0 Å². The minimum Gasteiger partial charge on any atom is -0.497 e. The molecule has 0 aliphatic rings. The number of anilines is 1. The number of carbonyl (C=O) groups excluding carboxylic acids is 1. The summed E-state index contributed by atoms with van der Waals surface area (Å²) < 4.78 is 10.5. The molecule has 118 valence electrons. The van der Waals surface area contributed by atoms with E-state index < -0.39 is 0 Å². The quantitative estimate of drug-likeness (QED) is 0.855. The van der Waals surface area contributed by atoms with Crippen molar-refractivity contribution in [2.45, 2.75) is 13.0 Å². The summed E-state index contributed by atoms with van der Waals surface area (Å²) in [6, 6.07) is 11.0. The van der Waals surface area contributed by atoms with E-state index in [0.29, 0.717) is 12.2 Å². The smallest absolute Gasteiger partial charge is 0.319 e. The Morgan fingerprint density at radius 1 is 1.18 bits per heavy atom. The first kappa shape index (κ1) is 16.3. The molecule has 1 aromatic carbocycles. The number of hydrogen-bond acceptors (Lipinski definition) is 4. The Hall–Kier alpha value is -2.05. The number of rotatable bonds is 6. The van der Waals surface area contributed by atoms with Gasteiger partial charge >= 0.3 is 6.03 Å². The third-order valence-electron chi connectivity index (χ3n) is 3.16. The lowest BCUT2D eigenvalue weighted by atomic mass is 10.3. The number of nitrogens with one attached hydrogen (secondary N) is 2. The fourth-order valence-electron chi connectivity index (χ4n) is 1.96. The monoisotopic (exact) mass is 320 g/mol. The van der Waals surface area contributed by atoms with Crippen LogP contribution in [0.1, 0.15) is 15.9 Å². The molecule has 0 saturated heterocycles. The summed E-state index contributed by atoms with van der Waals surface area (Å²) in [5.41, 5.74) is 0.708. The van der Waals surface area contributed by atoms with Gasteiger partial charge in [0.25, 0.3) is 0 Å². The minimum absolute atomic E-state index is 0.139. The maximum atomic E-state index is 11.9. The highest BCUT2D eigenvalue weighted by molar-refractivity contribution is 7.12. The number of thiophene rings is 1. The van der Waals surface area contributed by atoms with Crippen LogP contribution < -0.4 is 15.4 Å². The van der Waals surface area contributed by atoms with Crippen LogP contribution in [0.2, 0.25) is 0 Å². The standard InChI is InChI=1S/C16H20N2O3S/c1-11-4-9-15(22-11)14(21-3)10-17-16(19)18-12-5-7-13(20-2)8-6-12/h4-9,14H,10H2,1-3H3,(H2,17,18,19). The molecule has 0 radical (unpaired) electrons. The number of hydrogen-bond donors (Lipinski definition) is 2. The van der Waals surface area contributed by atoms with Crippen LogP contribution in [-0.4, -0.2) is 26.8 Å². The molecule has 1 unspecified atom stereocenters. The van der Waals surface area contributed by atoms with Crippen molar-refractivity contribution in [3.63, 3.8) is 0 Å². The molecule has 0 saturated carbocycles. The van der Waals surface area contributed by atoms with Crippen molar-refractivity contribution in [3.05, 3.63) is 46.2 Å². The van der Waals surface area contributed by atoms with E-state index in [-0.39, 0.29) is 12.1 Å². The average Bonchev–Trinajstić information content (AvgIpc) is 2.95. The molecule has 0 aliphatic carbocycles. The first-order chi connectivity index (χ1) is 10.6. The van der Waals surface area contributed by atoms with E-state index in [0.717, 1.165) is 10.6 Å². The largest absolute Gasteiger partial charge is 0.497 e. The van der Waals surface area contributed by atoms with E-state index in [9.17, 15) is 4.79 Å². The van der Waals surface area contributed by atoms with Crippen molar-refractivity contribution in [2.24, 2.45) is 0 Å². The van der Waals surface area contributed by atoms with E-state index in [2.05, 4.69) is 10.6 Å². The Labute approximate surface area is 134 Å². The number of benzene rings is 1. The van der Waals surface area contributed by atoms with E-state index in [1.807, 2.05) is 19.1 Å². The SMILES string of the molecule is COc1ccc(NC(=O)NCC(OC)c2ccc(C)s2)cc1. The van der Waals surface area contributed by atoms with Gasteiger partial charge in [0.2, 0.25) is 0 Å². The van der Waals surface area contributed by atoms with Gasteiger partial charge < -0.3 is 20.1 Å². The van der Waals surface area contributed by atoms with Crippen molar-refractivity contribution in [3.8, 4) is 5.75 Å². The lowest BCUT2D eigenvalue weighted by molar-refractivity contribution is 0.107. The number of methoxy groups -OCH3 is 2. The second-order valence-corrected chi connectivity index (χ2v) is 6.06.